The number of hydrogen-bond acceptors (Lipinski definition) is 3. The molecule has 7 nitrogen and oxygen atoms in total. The third kappa shape index (κ3) is 3.35. The Kier molecular flexibility index (Phi) is 4.80. The molecule has 1 aliphatic rings. The van der Waals surface area contributed by atoms with Crippen LogP contribution in [0.4, 0.5) is 11.4 Å². The molecule has 4 rings (SSSR count). The molecule has 3 aromatic rings. The Balaban J connectivity index is 1.57. The zero-order chi connectivity index (χ0) is 20.5. The maximum absolute atomic E-state index is 12.9. The molecule has 1 aliphatic heterocycles. The van der Waals surface area contributed by atoms with Crippen molar-refractivity contribution in [2.24, 2.45) is 13.0 Å². The summed E-state index contributed by atoms with van der Waals surface area (Å²) in [4.78, 5) is 39.6. The number of rotatable bonds is 4. The van der Waals surface area contributed by atoms with E-state index in [-0.39, 0.29) is 29.5 Å². The minimum atomic E-state index is -0.508. The van der Waals surface area contributed by atoms with E-state index >= 15 is 0 Å². The molecule has 2 amide bonds. The van der Waals surface area contributed by atoms with Crippen LogP contribution in [0.5, 0.6) is 0 Å². The molecular weight excluding hydrogens is 368 g/mol. The van der Waals surface area contributed by atoms with Crippen LogP contribution in [-0.4, -0.2) is 27.7 Å². The van der Waals surface area contributed by atoms with E-state index in [1.54, 1.807) is 23.6 Å². The summed E-state index contributed by atoms with van der Waals surface area (Å²) in [5.74, 6) is -0.919. The van der Waals surface area contributed by atoms with Gasteiger partial charge in [0, 0.05) is 25.7 Å². The second kappa shape index (κ2) is 7.43. The Morgan fingerprint density at radius 2 is 1.55 bits per heavy atom. The van der Waals surface area contributed by atoms with Crippen LogP contribution in [-0.2, 0) is 16.6 Å². The normalized spacial score (nSPS) is 16.3. The van der Waals surface area contributed by atoms with Crippen LogP contribution >= 0.6 is 0 Å². The fourth-order valence-corrected chi connectivity index (χ4v) is 3.78. The zero-order valence-corrected chi connectivity index (χ0v) is 16.3. The van der Waals surface area contributed by atoms with Crippen molar-refractivity contribution in [2.75, 3.05) is 16.8 Å². The van der Waals surface area contributed by atoms with Crippen molar-refractivity contribution in [1.29, 1.82) is 0 Å². The highest BCUT2D eigenvalue weighted by atomic mass is 16.2. The summed E-state index contributed by atoms with van der Waals surface area (Å²) >= 11 is 0. The van der Waals surface area contributed by atoms with E-state index in [9.17, 15) is 14.4 Å². The molecule has 0 radical (unpaired) electrons. The topological polar surface area (TPSA) is 76.3 Å². The van der Waals surface area contributed by atoms with Crippen LogP contribution in [0.2, 0.25) is 0 Å². The van der Waals surface area contributed by atoms with Gasteiger partial charge in [0.05, 0.1) is 17.3 Å². The molecule has 1 unspecified atom stereocenters. The molecule has 1 saturated heterocycles. The van der Waals surface area contributed by atoms with Crippen molar-refractivity contribution in [3.63, 3.8) is 0 Å². The predicted octanol–water partition coefficient (Wildman–Crippen LogP) is 2.48. The van der Waals surface area contributed by atoms with Gasteiger partial charge in [-0.15, -0.1) is 0 Å². The highest BCUT2D eigenvalue weighted by Crippen LogP contribution is 2.26. The monoisotopic (exact) mass is 390 g/mol. The zero-order valence-electron chi connectivity index (χ0n) is 16.3. The van der Waals surface area contributed by atoms with Crippen molar-refractivity contribution in [2.45, 2.75) is 13.3 Å². The van der Waals surface area contributed by atoms with E-state index in [1.807, 2.05) is 60.7 Å². The summed E-state index contributed by atoms with van der Waals surface area (Å²) in [6, 6.07) is 18.8. The summed E-state index contributed by atoms with van der Waals surface area (Å²) in [5.41, 5.74) is 2.20. The van der Waals surface area contributed by atoms with Gasteiger partial charge in [0.1, 0.15) is 5.69 Å². The standard InChI is InChI=1S/C22H22N4O3/c1-15-20(22(29)24(2)26(15)18-11-7-4-8-12-18)23-21(28)16-13-19(27)25(14-16)17-9-5-3-6-10-17/h3-12,16H,13-14H2,1-2H3,(H,23,28). The highest BCUT2D eigenvalue weighted by molar-refractivity contribution is 6.03. The first-order chi connectivity index (χ1) is 14.0. The van der Waals surface area contributed by atoms with Crippen molar-refractivity contribution >= 4 is 23.2 Å². The van der Waals surface area contributed by atoms with Crippen LogP contribution in [0.15, 0.2) is 65.5 Å². The number of nitrogens with one attached hydrogen (secondary N) is 1. The number of hydrogen-bond donors (Lipinski definition) is 1. The largest absolute Gasteiger partial charge is 0.320 e. The summed E-state index contributed by atoms with van der Waals surface area (Å²) < 4.78 is 3.23. The van der Waals surface area contributed by atoms with Crippen LogP contribution in [0.3, 0.4) is 0 Å². The van der Waals surface area contributed by atoms with Gasteiger partial charge in [-0.1, -0.05) is 36.4 Å². The Labute approximate surface area is 168 Å². The van der Waals surface area contributed by atoms with Gasteiger partial charge in [0.25, 0.3) is 5.56 Å². The number of carbonyl (C=O) groups is 2. The van der Waals surface area contributed by atoms with E-state index in [4.69, 9.17) is 0 Å². The first-order valence-corrected chi connectivity index (χ1v) is 9.47. The first kappa shape index (κ1) is 18.7. The van der Waals surface area contributed by atoms with Crippen molar-refractivity contribution in [3.05, 3.63) is 76.7 Å². The number of anilines is 2. The first-order valence-electron chi connectivity index (χ1n) is 9.47. The minimum Gasteiger partial charge on any atom is -0.320 e. The lowest BCUT2D eigenvalue weighted by Crippen LogP contribution is -2.29. The van der Waals surface area contributed by atoms with Crippen LogP contribution in [0, 0.1) is 12.8 Å². The molecule has 2 aromatic carbocycles. The van der Waals surface area contributed by atoms with E-state index in [0.717, 1.165) is 11.4 Å². The van der Waals surface area contributed by atoms with Crippen molar-refractivity contribution < 1.29 is 9.59 Å². The summed E-state index contributed by atoms with van der Waals surface area (Å²) in [7, 11) is 1.66. The maximum Gasteiger partial charge on any atom is 0.290 e. The molecule has 0 saturated carbocycles. The Hall–Kier alpha value is -3.61. The minimum absolute atomic E-state index is 0.0946. The van der Waals surface area contributed by atoms with Gasteiger partial charge in [-0.3, -0.25) is 19.1 Å². The Morgan fingerprint density at radius 3 is 2.17 bits per heavy atom. The molecule has 7 heteroatoms. The highest BCUT2D eigenvalue weighted by Gasteiger charge is 2.35. The predicted molar refractivity (Wildman–Crippen MR) is 111 cm³/mol. The molecule has 148 valence electrons. The van der Waals surface area contributed by atoms with Crippen LogP contribution in [0.1, 0.15) is 12.1 Å². The lowest BCUT2D eigenvalue weighted by atomic mass is 10.1. The molecule has 1 fully saturated rings. The molecule has 2 heterocycles. The number of nitrogens with zero attached hydrogens (tertiary/aromatic N) is 3. The fraction of sp³-hybridized carbons (Fsp3) is 0.227. The third-order valence-corrected chi connectivity index (χ3v) is 5.30. The van der Waals surface area contributed by atoms with Crippen molar-refractivity contribution in [1.82, 2.24) is 9.36 Å². The molecule has 1 N–H and O–H groups in total. The van der Waals surface area contributed by atoms with Gasteiger partial charge in [-0.05, 0) is 31.2 Å². The van der Waals surface area contributed by atoms with Gasteiger partial charge < -0.3 is 10.2 Å². The van der Waals surface area contributed by atoms with Crippen molar-refractivity contribution in [3.8, 4) is 5.69 Å². The molecule has 1 aromatic heterocycles. The average molecular weight is 390 g/mol. The number of carbonyl (C=O) groups excluding carboxylic acids is 2. The van der Waals surface area contributed by atoms with E-state index in [0.29, 0.717) is 12.2 Å². The Bertz CT molecular complexity index is 1120. The van der Waals surface area contributed by atoms with Gasteiger partial charge >= 0.3 is 0 Å². The maximum atomic E-state index is 12.9. The van der Waals surface area contributed by atoms with Gasteiger partial charge in [-0.25, -0.2) is 4.68 Å². The van der Waals surface area contributed by atoms with Gasteiger partial charge in [-0.2, -0.15) is 0 Å². The number of benzene rings is 2. The molecular formula is C22H22N4O3. The molecule has 0 aliphatic carbocycles. The number of amides is 2. The fourth-order valence-electron chi connectivity index (χ4n) is 3.78. The summed E-state index contributed by atoms with van der Waals surface area (Å²) in [5, 5.41) is 2.77. The lowest BCUT2D eigenvalue weighted by Gasteiger charge is -2.16. The quantitative estimate of drug-likeness (QED) is 0.744. The molecule has 0 bridgehead atoms. The third-order valence-electron chi connectivity index (χ3n) is 5.30. The van der Waals surface area contributed by atoms with E-state index in [1.165, 1.54) is 4.68 Å². The van der Waals surface area contributed by atoms with E-state index < -0.39 is 5.92 Å². The smallest absolute Gasteiger partial charge is 0.290 e. The lowest BCUT2D eigenvalue weighted by molar-refractivity contribution is -0.122. The average Bonchev–Trinajstić information content (AvgIpc) is 3.23. The molecule has 0 spiro atoms. The van der Waals surface area contributed by atoms with E-state index in [2.05, 4.69) is 5.32 Å². The summed E-state index contributed by atoms with van der Waals surface area (Å²) in [6.07, 6.45) is 0.124. The Morgan fingerprint density at radius 1 is 0.966 bits per heavy atom. The second-order valence-electron chi connectivity index (χ2n) is 7.17. The van der Waals surface area contributed by atoms with Crippen LogP contribution < -0.4 is 15.8 Å². The molecule has 1 atom stereocenters. The second-order valence-corrected chi connectivity index (χ2v) is 7.17. The van der Waals surface area contributed by atoms with Gasteiger partial charge in [0.2, 0.25) is 11.8 Å². The molecule has 29 heavy (non-hydrogen) atoms. The van der Waals surface area contributed by atoms with Crippen LogP contribution in [0.25, 0.3) is 5.69 Å². The van der Waals surface area contributed by atoms with Gasteiger partial charge in [0.15, 0.2) is 0 Å². The number of aromatic nitrogens is 2. The number of para-hydroxylation sites is 2. The SMILES string of the molecule is Cc1c(NC(=O)C2CC(=O)N(c3ccccc3)C2)c(=O)n(C)n1-c1ccccc1. The summed E-state index contributed by atoms with van der Waals surface area (Å²) in [6.45, 7) is 2.09.